The van der Waals surface area contributed by atoms with Gasteiger partial charge < -0.3 is 15.4 Å². The third-order valence-corrected chi connectivity index (χ3v) is 3.82. The molecule has 0 aromatic heterocycles. The largest absolute Gasteiger partial charge is 0.398 e. The van der Waals surface area contributed by atoms with Crippen molar-refractivity contribution < 1.29 is 4.79 Å². The van der Waals surface area contributed by atoms with Crippen molar-refractivity contribution in [2.75, 3.05) is 23.7 Å². The lowest BCUT2D eigenvalue weighted by Crippen LogP contribution is -2.38. The minimum atomic E-state index is 0.967. The van der Waals surface area contributed by atoms with E-state index in [9.17, 15) is 0 Å². The molecule has 108 valence electrons. The van der Waals surface area contributed by atoms with Gasteiger partial charge in [0, 0.05) is 24.5 Å². The van der Waals surface area contributed by atoms with E-state index in [0.29, 0.717) is 0 Å². The number of rotatable bonds is 1. The van der Waals surface area contributed by atoms with Gasteiger partial charge in [0.2, 0.25) is 0 Å². The van der Waals surface area contributed by atoms with Gasteiger partial charge in [0.25, 0.3) is 0 Å². The summed E-state index contributed by atoms with van der Waals surface area (Å²) in [6.45, 7) is 17.0. The third-order valence-electron chi connectivity index (χ3n) is 3.82. The Balaban J connectivity index is 0.000000741. The molecule has 1 aliphatic rings. The molecular weight excluding hydrogens is 236 g/mol. The number of hydrogen-bond donors (Lipinski definition) is 1. The first-order valence-corrected chi connectivity index (χ1v) is 6.93. The highest BCUT2D eigenvalue weighted by molar-refractivity contribution is 5.73. The van der Waals surface area contributed by atoms with E-state index >= 15 is 0 Å². The fraction of sp³-hybridized carbons (Fsp3) is 0.562. The Morgan fingerprint density at radius 1 is 0.895 bits per heavy atom. The van der Waals surface area contributed by atoms with Gasteiger partial charge in [-0.05, 0) is 56.4 Å². The molecule has 3 nitrogen and oxygen atoms in total. The topological polar surface area (TPSA) is 46.3 Å². The quantitative estimate of drug-likeness (QED) is 0.789. The minimum absolute atomic E-state index is 0.967. The predicted octanol–water partition coefficient (Wildman–Crippen LogP) is 3.55. The van der Waals surface area contributed by atoms with E-state index in [-0.39, 0.29) is 0 Å². The van der Waals surface area contributed by atoms with E-state index in [1.165, 1.54) is 47.5 Å². The van der Waals surface area contributed by atoms with Crippen molar-refractivity contribution in [3.8, 4) is 0 Å². The van der Waals surface area contributed by atoms with Crippen LogP contribution in [0.3, 0.4) is 0 Å². The van der Waals surface area contributed by atoms with Gasteiger partial charge in [0.1, 0.15) is 6.79 Å². The smallest absolute Gasteiger partial charge is 0.106 e. The van der Waals surface area contributed by atoms with Gasteiger partial charge in [-0.15, -0.1) is 0 Å². The van der Waals surface area contributed by atoms with Crippen LogP contribution in [0.4, 0.5) is 11.4 Å². The number of anilines is 2. The van der Waals surface area contributed by atoms with Crippen molar-refractivity contribution in [2.24, 2.45) is 0 Å². The fourth-order valence-electron chi connectivity index (χ4n) is 2.34. The minimum Gasteiger partial charge on any atom is -0.398 e. The van der Waals surface area contributed by atoms with E-state index in [1.807, 2.05) is 20.6 Å². The maximum Gasteiger partial charge on any atom is 0.106 e. The molecule has 1 heterocycles. The van der Waals surface area contributed by atoms with Crippen molar-refractivity contribution in [3.05, 3.63) is 22.3 Å². The second-order valence-electron chi connectivity index (χ2n) is 4.60. The Hall–Kier alpha value is -1.51. The standard InChI is InChI=1S/C13H20N2.C2H6.CH2O/c1-8-10(3)13(15-6-5-7-15)11(4)9(2)12(8)14;2*1-2/h5-7,14H2,1-4H3;1-2H3;1H2. The second kappa shape index (κ2) is 7.82. The summed E-state index contributed by atoms with van der Waals surface area (Å²) in [5.41, 5.74) is 13.7. The molecule has 19 heavy (non-hydrogen) atoms. The molecule has 1 fully saturated rings. The summed E-state index contributed by atoms with van der Waals surface area (Å²) in [6, 6.07) is 0. The van der Waals surface area contributed by atoms with Crippen molar-refractivity contribution in [3.63, 3.8) is 0 Å². The Morgan fingerprint density at radius 3 is 1.53 bits per heavy atom. The van der Waals surface area contributed by atoms with Gasteiger partial charge in [-0.25, -0.2) is 0 Å². The third kappa shape index (κ3) is 3.28. The van der Waals surface area contributed by atoms with Crippen molar-refractivity contribution in [1.29, 1.82) is 0 Å². The van der Waals surface area contributed by atoms with E-state index in [4.69, 9.17) is 10.5 Å². The number of nitrogens with two attached hydrogens (primary N) is 1. The van der Waals surface area contributed by atoms with Crippen LogP contribution >= 0.6 is 0 Å². The molecule has 0 unspecified atom stereocenters. The zero-order valence-electron chi connectivity index (χ0n) is 13.3. The number of carbonyl (C=O) groups is 1. The Kier molecular flexibility index (Phi) is 7.20. The second-order valence-corrected chi connectivity index (χ2v) is 4.60. The monoisotopic (exact) mass is 264 g/mol. The van der Waals surface area contributed by atoms with Gasteiger partial charge in [-0.2, -0.15) is 0 Å². The molecule has 0 radical (unpaired) electrons. The zero-order valence-corrected chi connectivity index (χ0v) is 13.3. The lowest BCUT2D eigenvalue weighted by molar-refractivity contribution is -0.0979. The van der Waals surface area contributed by atoms with Crippen molar-refractivity contribution >= 4 is 18.2 Å². The summed E-state index contributed by atoms with van der Waals surface area (Å²) in [7, 11) is 0. The lowest BCUT2D eigenvalue weighted by Gasteiger charge is -2.37. The maximum absolute atomic E-state index is 8.00. The average molecular weight is 264 g/mol. The summed E-state index contributed by atoms with van der Waals surface area (Å²) in [5.74, 6) is 0. The molecule has 2 rings (SSSR count). The number of nitrogens with zero attached hydrogens (tertiary/aromatic N) is 1. The number of carbonyl (C=O) groups excluding carboxylic acids is 1. The predicted molar refractivity (Wildman–Crippen MR) is 85.1 cm³/mol. The highest BCUT2D eigenvalue weighted by atomic mass is 16.1. The summed E-state index contributed by atoms with van der Waals surface area (Å²) < 4.78 is 0. The van der Waals surface area contributed by atoms with E-state index in [2.05, 4.69) is 32.6 Å². The molecule has 0 bridgehead atoms. The summed E-state index contributed by atoms with van der Waals surface area (Å²) in [4.78, 5) is 10.5. The Morgan fingerprint density at radius 2 is 1.26 bits per heavy atom. The molecule has 0 aliphatic carbocycles. The van der Waals surface area contributed by atoms with Gasteiger partial charge in [0.05, 0.1) is 0 Å². The Labute approximate surface area is 117 Å². The Bertz CT molecular complexity index is 394. The van der Waals surface area contributed by atoms with Gasteiger partial charge in [0.15, 0.2) is 0 Å². The molecule has 1 aromatic carbocycles. The normalized spacial score (nSPS) is 12.6. The summed E-state index contributed by atoms with van der Waals surface area (Å²) >= 11 is 0. The highest BCUT2D eigenvalue weighted by Crippen LogP contribution is 2.36. The zero-order chi connectivity index (χ0) is 15.2. The van der Waals surface area contributed by atoms with Crippen LogP contribution in [0.25, 0.3) is 0 Å². The van der Waals surface area contributed by atoms with Crippen LogP contribution in [0, 0.1) is 27.7 Å². The van der Waals surface area contributed by atoms with Crippen LogP contribution in [0.2, 0.25) is 0 Å². The van der Waals surface area contributed by atoms with Crippen LogP contribution in [0.1, 0.15) is 42.5 Å². The van der Waals surface area contributed by atoms with E-state index in [0.717, 1.165) is 5.69 Å². The molecule has 2 N–H and O–H groups in total. The van der Waals surface area contributed by atoms with Gasteiger partial charge >= 0.3 is 0 Å². The maximum atomic E-state index is 8.00. The van der Waals surface area contributed by atoms with Gasteiger partial charge in [-0.1, -0.05) is 13.8 Å². The molecule has 1 aliphatic heterocycles. The first kappa shape index (κ1) is 17.5. The van der Waals surface area contributed by atoms with E-state index < -0.39 is 0 Å². The van der Waals surface area contributed by atoms with Crippen molar-refractivity contribution in [2.45, 2.75) is 48.0 Å². The van der Waals surface area contributed by atoms with Gasteiger partial charge in [-0.3, -0.25) is 0 Å². The van der Waals surface area contributed by atoms with Crippen LogP contribution in [0.15, 0.2) is 0 Å². The lowest BCUT2D eigenvalue weighted by atomic mass is 9.94. The molecule has 0 saturated carbocycles. The first-order chi connectivity index (χ1) is 9.04. The van der Waals surface area contributed by atoms with Crippen LogP contribution in [-0.2, 0) is 4.79 Å². The molecular formula is C16H28N2O. The van der Waals surface area contributed by atoms with Crippen LogP contribution < -0.4 is 10.6 Å². The van der Waals surface area contributed by atoms with E-state index in [1.54, 1.807) is 0 Å². The number of nitrogen functional groups attached to an aromatic ring is 1. The van der Waals surface area contributed by atoms with Crippen LogP contribution in [0.5, 0.6) is 0 Å². The summed E-state index contributed by atoms with van der Waals surface area (Å²) in [5, 5.41) is 0. The molecule has 0 spiro atoms. The fourth-order valence-corrected chi connectivity index (χ4v) is 2.34. The number of benzene rings is 1. The molecule has 3 heteroatoms. The average Bonchev–Trinajstić information content (AvgIpc) is 2.41. The molecule has 1 saturated heterocycles. The molecule has 1 aromatic rings. The molecule has 0 amide bonds. The number of hydrogen-bond acceptors (Lipinski definition) is 3. The van der Waals surface area contributed by atoms with Crippen molar-refractivity contribution in [1.82, 2.24) is 0 Å². The summed E-state index contributed by atoms with van der Waals surface area (Å²) in [6.07, 6.45) is 1.32. The molecule has 0 atom stereocenters. The highest BCUT2D eigenvalue weighted by Gasteiger charge is 2.21. The first-order valence-electron chi connectivity index (χ1n) is 6.93. The van der Waals surface area contributed by atoms with Crippen LogP contribution in [-0.4, -0.2) is 19.9 Å². The SMILES string of the molecule is C=O.CC.Cc1c(C)c(N2CCC2)c(C)c(C)c1N.